The normalized spacial score (nSPS) is 28.7. The van der Waals surface area contributed by atoms with Gasteiger partial charge in [0.1, 0.15) is 0 Å². The molecule has 96 valence electrons. The fourth-order valence-corrected chi connectivity index (χ4v) is 2.98. The van der Waals surface area contributed by atoms with Crippen LogP contribution in [0.15, 0.2) is 0 Å². The second-order valence-electron chi connectivity index (χ2n) is 5.36. The van der Waals surface area contributed by atoms with Crippen molar-refractivity contribution in [2.45, 2.75) is 57.7 Å². The Kier molecular flexibility index (Phi) is 5.73. The minimum Gasteiger partial charge on any atom is -0.391 e. The lowest BCUT2D eigenvalue weighted by Crippen LogP contribution is -2.51. The first kappa shape index (κ1) is 13.9. The van der Waals surface area contributed by atoms with Gasteiger partial charge < -0.3 is 10.0 Å². The largest absolute Gasteiger partial charge is 0.391 e. The van der Waals surface area contributed by atoms with Gasteiger partial charge in [-0.15, -0.1) is 0 Å². The summed E-state index contributed by atoms with van der Waals surface area (Å²) in [6.45, 7) is 6.58. The third kappa shape index (κ3) is 3.72. The summed E-state index contributed by atoms with van der Waals surface area (Å²) >= 11 is 0. The average Bonchev–Trinajstić information content (AvgIpc) is 2.20. The van der Waals surface area contributed by atoms with Crippen LogP contribution in [-0.4, -0.2) is 60.3 Å². The summed E-state index contributed by atoms with van der Waals surface area (Å²) in [5.74, 6) is 0. The van der Waals surface area contributed by atoms with Crippen LogP contribution in [0.3, 0.4) is 0 Å². The van der Waals surface area contributed by atoms with Gasteiger partial charge in [-0.05, 0) is 40.4 Å². The summed E-state index contributed by atoms with van der Waals surface area (Å²) in [7, 11) is 4.23. The number of likely N-dealkylation sites (N-methyl/N-ethyl adjacent to an activating group) is 2. The average molecular weight is 228 g/mol. The van der Waals surface area contributed by atoms with Crippen LogP contribution in [-0.2, 0) is 0 Å². The van der Waals surface area contributed by atoms with E-state index in [0.29, 0.717) is 12.1 Å². The zero-order chi connectivity index (χ0) is 12.1. The summed E-state index contributed by atoms with van der Waals surface area (Å²) in [5, 5.41) is 10.1. The molecular formula is C13H28N2O. The summed E-state index contributed by atoms with van der Waals surface area (Å²) in [5.41, 5.74) is 0. The number of aliphatic hydroxyl groups is 1. The maximum atomic E-state index is 10.1. The van der Waals surface area contributed by atoms with E-state index in [1.807, 2.05) is 0 Å². The van der Waals surface area contributed by atoms with Gasteiger partial charge in [-0.1, -0.05) is 19.8 Å². The smallest absolute Gasteiger partial charge is 0.0695 e. The van der Waals surface area contributed by atoms with Crippen molar-refractivity contribution in [1.29, 1.82) is 0 Å². The summed E-state index contributed by atoms with van der Waals surface area (Å²) in [6.07, 6.45) is 4.49. The van der Waals surface area contributed by atoms with E-state index >= 15 is 0 Å². The van der Waals surface area contributed by atoms with Gasteiger partial charge in [0.15, 0.2) is 0 Å². The molecule has 0 saturated heterocycles. The van der Waals surface area contributed by atoms with Gasteiger partial charge in [0.25, 0.3) is 0 Å². The molecule has 0 aromatic carbocycles. The Morgan fingerprint density at radius 3 is 2.38 bits per heavy atom. The van der Waals surface area contributed by atoms with Crippen molar-refractivity contribution in [3.8, 4) is 0 Å². The molecule has 1 rings (SSSR count). The second kappa shape index (κ2) is 6.58. The fraction of sp³-hybridized carbons (Fsp3) is 1.00. The van der Waals surface area contributed by atoms with Gasteiger partial charge in [-0.3, -0.25) is 4.90 Å². The predicted octanol–water partition coefficient (Wildman–Crippen LogP) is 1.56. The highest BCUT2D eigenvalue weighted by Gasteiger charge is 2.30. The van der Waals surface area contributed by atoms with Gasteiger partial charge in [-0.25, -0.2) is 0 Å². The number of aliphatic hydroxyl groups excluding tert-OH is 1. The molecule has 1 fully saturated rings. The van der Waals surface area contributed by atoms with Gasteiger partial charge in [0, 0.05) is 18.6 Å². The van der Waals surface area contributed by atoms with Crippen LogP contribution in [0.1, 0.15) is 39.5 Å². The van der Waals surface area contributed by atoms with E-state index in [4.69, 9.17) is 0 Å². The number of nitrogens with zero attached hydrogens (tertiary/aromatic N) is 2. The first-order valence-electron chi connectivity index (χ1n) is 6.64. The molecule has 3 heteroatoms. The summed E-state index contributed by atoms with van der Waals surface area (Å²) in [4.78, 5) is 4.70. The van der Waals surface area contributed by atoms with Crippen LogP contribution < -0.4 is 0 Å². The van der Waals surface area contributed by atoms with Crippen molar-refractivity contribution < 1.29 is 5.11 Å². The molecule has 0 spiro atoms. The van der Waals surface area contributed by atoms with Crippen LogP contribution in [0.5, 0.6) is 0 Å². The molecule has 3 atom stereocenters. The Balaban J connectivity index is 2.57. The minimum absolute atomic E-state index is 0.113. The quantitative estimate of drug-likeness (QED) is 0.773. The van der Waals surface area contributed by atoms with Gasteiger partial charge >= 0.3 is 0 Å². The van der Waals surface area contributed by atoms with Crippen molar-refractivity contribution >= 4 is 0 Å². The van der Waals surface area contributed by atoms with Gasteiger partial charge in [-0.2, -0.15) is 0 Å². The Bertz CT molecular complexity index is 196. The first-order valence-corrected chi connectivity index (χ1v) is 6.64. The van der Waals surface area contributed by atoms with E-state index in [0.717, 1.165) is 25.9 Å². The highest BCUT2D eigenvalue weighted by atomic mass is 16.3. The minimum atomic E-state index is -0.113. The summed E-state index contributed by atoms with van der Waals surface area (Å²) < 4.78 is 0. The Hall–Kier alpha value is -0.120. The third-order valence-corrected chi connectivity index (χ3v) is 3.68. The SMILES string of the molecule is CCN(C(C)CN(C)C)C1CCCCC1O. The Morgan fingerprint density at radius 2 is 1.88 bits per heavy atom. The second-order valence-corrected chi connectivity index (χ2v) is 5.36. The lowest BCUT2D eigenvalue weighted by Gasteiger charge is -2.41. The van der Waals surface area contributed by atoms with Gasteiger partial charge in [0.05, 0.1) is 6.10 Å². The van der Waals surface area contributed by atoms with E-state index in [2.05, 4.69) is 37.7 Å². The molecule has 3 unspecified atom stereocenters. The predicted molar refractivity (Wildman–Crippen MR) is 68.7 cm³/mol. The Labute approximate surface area is 100 Å². The molecule has 1 N–H and O–H groups in total. The summed E-state index contributed by atoms with van der Waals surface area (Å²) in [6, 6.07) is 0.909. The van der Waals surface area contributed by atoms with Crippen LogP contribution >= 0.6 is 0 Å². The van der Waals surface area contributed by atoms with E-state index in [1.165, 1.54) is 12.8 Å². The third-order valence-electron chi connectivity index (χ3n) is 3.68. The molecule has 0 heterocycles. The topological polar surface area (TPSA) is 26.7 Å². The maximum absolute atomic E-state index is 10.1. The number of hydrogen-bond acceptors (Lipinski definition) is 3. The van der Waals surface area contributed by atoms with Crippen molar-refractivity contribution in [2.24, 2.45) is 0 Å². The van der Waals surface area contributed by atoms with E-state index in [9.17, 15) is 5.11 Å². The number of rotatable bonds is 5. The highest BCUT2D eigenvalue weighted by molar-refractivity contribution is 4.85. The molecule has 0 aromatic rings. The lowest BCUT2D eigenvalue weighted by molar-refractivity contribution is -0.000201. The molecule has 16 heavy (non-hydrogen) atoms. The van der Waals surface area contributed by atoms with E-state index in [-0.39, 0.29) is 6.10 Å². The maximum Gasteiger partial charge on any atom is 0.0695 e. The van der Waals surface area contributed by atoms with Gasteiger partial charge in [0.2, 0.25) is 0 Å². The highest BCUT2D eigenvalue weighted by Crippen LogP contribution is 2.24. The zero-order valence-electron chi connectivity index (χ0n) is 11.3. The van der Waals surface area contributed by atoms with E-state index < -0.39 is 0 Å². The molecule has 1 saturated carbocycles. The molecule has 0 amide bonds. The van der Waals surface area contributed by atoms with Crippen molar-refractivity contribution in [1.82, 2.24) is 9.80 Å². The van der Waals surface area contributed by atoms with Crippen LogP contribution in [0.25, 0.3) is 0 Å². The monoisotopic (exact) mass is 228 g/mol. The van der Waals surface area contributed by atoms with Crippen LogP contribution in [0, 0.1) is 0 Å². The molecule has 1 aliphatic carbocycles. The van der Waals surface area contributed by atoms with Crippen molar-refractivity contribution in [2.75, 3.05) is 27.2 Å². The number of hydrogen-bond donors (Lipinski definition) is 1. The lowest BCUT2D eigenvalue weighted by atomic mass is 9.90. The standard InChI is InChI=1S/C13H28N2O/c1-5-15(11(2)10-14(3)4)12-8-6-7-9-13(12)16/h11-13,16H,5-10H2,1-4H3. The molecule has 1 aliphatic rings. The zero-order valence-corrected chi connectivity index (χ0v) is 11.3. The molecular weight excluding hydrogens is 200 g/mol. The first-order chi connectivity index (χ1) is 7.56. The Morgan fingerprint density at radius 1 is 1.25 bits per heavy atom. The molecule has 0 aromatic heterocycles. The van der Waals surface area contributed by atoms with E-state index in [1.54, 1.807) is 0 Å². The van der Waals surface area contributed by atoms with Crippen LogP contribution in [0.4, 0.5) is 0 Å². The molecule has 3 nitrogen and oxygen atoms in total. The molecule has 0 bridgehead atoms. The molecule has 0 radical (unpaired) electrons. The molecule has 0 aliphatic heterocycles. The van der Waals surface area contributed by atoms with Crippen molar-refractivity contribution in [3.63, 3.8) is 0 Å². The van der Waals surface area contributed by atoms with Crippen LogP contribution in [0.2, 0.25) is 0 Å². The fourth-order valence-electron chi connectivity index (χ4n) is 2.98. The van der Waals surface area contributed by atoms with Crippen molar-refractivity contribution in [3.05, 3.63) is 0 Å².